The van der Waals surface area contributed by atoms with E-state index in [0.717, 1.165) is 0 Å². The Hall–Kier alpha value is -3.22. The molecule has 3 rings (SSSR count). The van der Waals surface area contributed by atoms with Gasteiger partial charge >= 0.3 is 5.97 Å². The first-order valence-electron chi connectivity index (χ1n) is 6.54. The lowest BCUT2D eigenvalue weighted by Gasteiger charge is -2.10. The second-order valence-electron chi connectivity index (χ2n) is 4.64. The molecule has 0 aliphatic heterocycles. The number of amides is 1. The van der Waals surface area contributed by atoms with E-state index < -0.39 is 5.97 Å². The number of carboxylic acids is 1. The standard InChI is InChI=1S/C15H12N4O3/c20-12(21)7-9-3-1-2-4-11(9)19-15(22)10-5-6-16-14-13(10)17-8-18-14/h1-6,8H,7H2,(H,19,22)(H,20,21)(H,16,17,18). The summed E-state index contributed by atoms with van der Waals surface area (Å²) in [5.41, 5.74) is 2.40. The molecule has 7 heteroatoms. The zero-order valence-corrected chi connectivity index (χ0v) is 11.4. The van der Waals surface area contributed by atoms with Gasteiger partial charge < -0.3 is 15.4 Å². The van der Waals surface area contributed by atoms with Gasteiger partial charge in [0.15, 0.2) is 5.65 Å². The summed E-state index contributed by atoms with van der Waals surface area (Å²) in [6, 6.07) is 8.38. The third-order valence-electron chi connectivity index (χ3n) is 3.18. The van der Waals surface area contributed by atoms with Crippen molar-refractivity contribution in [3.8, 4) is 0 Å². The number of aliphatic carboxylic acids is 1. The van der Waals surface area contributed by atoms with E-state index >= 15 is 0 Å². The van der Waals surface area contributed by atoms with Crippen LogP contribution in [0.2, 0.25) is 0 Å². The average molecular weight is 296 g/mol. The Kier molecular flexibility index (Phi) is 3.53. The minimum absolute atomic E-state index is 0.160. The van der Waals surface area contributed by atoms with Crippen LogP contribution in [0.15, 0.2) is 42.9 Å². The highest BCUT2D eigenvalue weighted by Gasteiger charge is 2.14. The fraction of sp³-hybridized carbons (Fsp3) is 0.0667. The minimum atomic E-state index is -0.957. The maximum Gasteiger partial charge on any atom is 0.307 e. The van der Waals surface area contributed by atoms with Crippen LogP contribution in [-0.2, 0) is 11.2 Å². The van der Waals surface area contributed by atoms with Gasteiger partial charge in [0.1, 0.15) is 0 Å². The predicted octanol–water partition coefficient (Wildman–Crippen LogP) is 1.84. The Bertz CT molecular complexity index is 857. The molecule has 7 nitrogen and oxygen atoms in total. The number of pyridine rings is 1. The van der Waals surface area contributed by atoms with Crippen molar-refractivity contribution in [1.29, 1.82) is 0 Å². The Labute approximate surface area is 125 Å². The van der Waals surface area contributed by atoms with E-state index in [9.17, 15) is 9.59 Å². The molecular formula is C15H12N4O3. The number of anilines is 1. The Morgan fingerprint density at radius 2 is 2.00 bits per heavy atom. The molecule has 0 aliphatic carbocycles. The zero-order valence-electron chi connectivity index (χ0n) is 11.4. The SMILES string of the molecule is O=C(O)Cc1ccccc1NC(=O)c1ccnc2nc[nH]c12. The number of hydrogen-bond acceptors (Lipinski definition) is 4. The van der Waals surface area contributed by atoms with E-state index in [1.807, 2.05) is 0 Å². The average Bonchev–Trinajstić information content (AvgIpc) is 2.97. The second-order valence-corrected chi connectivity index (χ2v) is 4.64. The number of imidazole rings is 1. The maximum atomic E-state index is 12.4. The molecule has 0 atom stereocenters. The van der Waals surface area contributed by atoms with Crippen LogP contribution in [0.4, 0.5) is 5.69 Å². The summed E-state index contributed by atoms with van der Waals surface area (Å²) in [5, 5.41) is 11.7. The lowest BCUT2D eigenvalue weighted by molar-refractivity contribution is -0.136. The molecule has 22 heavy (non-hydrogen) atoms. The van der Waals surface area contributed by atoms with Crippen molar-refractivity contribution in [3.63, 3.8) is 0 Å². The van der Waals surface area contributed by atoms with Gasteiger partial charge in [-0.3, -0.25) is 9.59 Å². The van der Waals surface area contributed by atoms with Crippen LogP contribution in [0.3, 0.4) is 0 Å². The maximum absolute atomic E-state index is 12.4. The van der Waals surface area contributed by atoms with Crippen LogP contribution in [0.25, 0.3) is 11.2 Å². The molecular weight excluding hydrogens is 284 g/mol. The van der Waals surface area contributed by atoms with Crippen molar-refractivity contribution >= 4 is 28.7 Å². The molecule has 2 heterocycles. The first kappa shape index (κ1) is 13.7. The number of hydrogen-bond donors (Lipinski definition) is 3. The molecule has 1 aromatic carbocycles. The summed E-state index contributed by atoms with van der Waals surface area (Å²) < 4.78 is 0. The summed E-state index contributed by atoms with van der Waals surface area (Å²) in [6.45, 7) is 0. The number of rotatable bonds is 4. The molecule has 0 radical (unpaired) electrons. The van der Waals surface area contributed by atoms with Gasteiger partial charge in [-0.1, -0.05) is 18.2 Å². The van der Waals surface area contributed by atoms with E-state index in [0.29, 0.717) is 28.0 Å². The number of para-hydroxylation sites is 1. The lowest BCUT2D eigenvalue weighted by atomic mass is 10.1. The van der Waals surface area contributed by atoms with Gasteiger partial charge in [0, 0.05) is 11.9 Å². The highest BCUT2D eigenvalue weighted by atomic mass is 16.4. The molecule has 0 bridgehead atoms. The van der Waals surface area contributed by atoms with E-state index in [1.54, 1.807) is 30.3 Å². The van der Waals surface area contributed by atoms with Crippen molar-refractivity contribution in [1.82, 2.24) is 15.0 Å². The number of carbonyl (C=O) groups excluding carboxylic acids is 1. The number of aromatic nitrogens is 3. The van der Waals surface area contributed by atoms with E-state index in [4.69, 9.17) is 5.11 Å². The molecule has 3 aromatic rings. The summed E-state index contributed by atoms with van der Waals surface area (Å²) in [7, 11) is 0. The van der Waals surface area contributed by atoms with Crippen molar-refractivity contribution < 1.29 is 14.7 Å². The van der Waals surface area contributed by atoms with Crippen LogP contribution < -0.4 is 5.32 Å². The largest absolute Gasteiger partial charge is 0.481 e. The number of carbonyl (C=O) groups is 2. The Morgan fingerprint density at radius 1 is 1.18 bits per heavy atom. The monoisotopic (exact) mass is 296 g/mol. The van der Waals surface area contributed by atoms with Gasteiger partial charge in [0.05, 0.1) is 23.8 Å². The van der Waals surface area contributed by atoms with Gasteiger partial charge in [-0.05, 0) is 17.7 Å². The lowest BCUT2D eigenvalue weighted by Crippen LogP contribution is -2.15. The van der Waals surface area contributed by atoms with Crippen LogP contribution in [0, 0.1) is 0 Å². The van der Waals surface area contributed by atoms with Crippen LogP contribution in [0.1, 0.15) is 15.9 Å². The van der Waals surface area contributed by atoms with Gasteiger partial charge in [0.25, 0.3) is 5.91 Å². The third-order valence-corrected chi connectivity index (χ3v) is 3.18. The van der Waals surface area contributed by atoms with Crippen molar-refractivity contribution in [2.75, 3.05) is 5.32 Å². The molecule has 0 spiro atoms. The van der Waals surface area contributed by atoms with Crippen molar-refractivity contribution in [2.24, 2.45) is 0 Å². The molecule has 0 saturated heterocycles. The zero-order chi connectivity index (χ0) is 15.5. The first-order chi connectivity index (χ1) is 10.6. The fourth-order valence-electron chi connectivity index (χ4n) is 2.19. The molecule has 1 amide bonds. The molecule has 0 fully saturated rings. The van der Waals surface area contributed by atoms with Gasteiger partial charge in [-0.15, -0.1) is 0 Å². The summed E-state index contributed by atoms with van der Waals surface area (Å²) in [4.78, 5) is 34.2. The van der Waals surface area contributed by atoms with Crippen LogP contribution >= 0.6 is 0 Å². The number of nitrogens with one attached hydrogen (secondary N) is 2. The predicted molar refractivity (Wildman–Crippen MR) is 79.6 cm³/mol. The smallest absolute Gasteiger partial charge is 0.307 e. The van der Waals surface area contributed by atoms with Crippen LogP contribution in [-0.4, -0.2) is 31.9 Å². The number of carboxylic acid groups (broad SMARTS) is 1. The highest BCUT2D eigenvalue weighted by Crippen LogP contribution is 2.19. The molecule has 2 aromatic heterocycles. The van der Waals surface area contributed by atoms with Crippen LogP contribution in [0.5, 0.6) is 0 Å². The number of aromatic amines is 1. The normalized spacial score (nSPS) is 10.5. The minimum Gasteiger partial charge on any atom is -0.481 e. The van der Waals surface area contributed by atoms with Gasteiger partial charge in [-0.25, -0.2) is 9.97 Å². The van der Waals surface area contributed by atoms with E-state index in [1.165, 1.54) is 12.5 Å². The van der Waals surface area contributed by atoms with E-state index in [-0.39, 0.29) is 12.3 Å². The van der Waals surface area contributed by atoms with Gasteiger partial charge in [-0.2, -0.15) is 0 Å². The number of H-pyrrole nitrogens is 1. The summed E-state index contributed by atoms with van der Waals surface area (Å²) in [6.07, 6.45) is 2.81. The summed E-state index contributed by atoms with van der Waals surface area (Å²) in [5.74, 6) is -1.31. The number of fused-ring (bicyclic) bond motifs is 1. The van der Waals surface area contributed by atoms with Crippen molar-refractivity contribution in [2.45, 2.75) is 6.42 Å². The number of nitrogens with zero attached hydrogens (tertiary/aromatic N) is 2. The number of benzene rings is 1. The Morgan fingerprint density at radius 3 is 2.82 bits per heavy atom. The topological polar surface area (TPSA) is 108 Å². The quantitative estimate of drug-likeness (QED) is 0.680. The molecule has 0 aliphatic rings. The molecule has 0 unspecified atom stereocenters. The fourth-order valence-corrected chi connectivity index (χ4v) is 2.19. The Balaban J connectivity index is 1.92. The van der Waals surface area contributed by atoms with Crippen molar-refractivity contribution in [3.05, 3.63) is 54.0 Å². The molecule has 110 valence electrons. The molecule has 0 saturated carbocycles. The van der Waals surface area contributed by atoms with E-state index in [2.05, 4.69) is 20.3 Å². The second kappa shape index (κ2) is 5.65. The summed E-state index contributed by atoms with van der Waals surface area (Å²) >= 11 is 0. The third kappa shape index (κ3) is 2.64. The first-order valence-corrected chi connectivity index (χ1v) is 6.54. The molecule has 3 N–H and O–H groups in total. The van der Waals surface area contributed by atoms with Gasteiger partial charge in [0.2, 0.25) is 0 Å². The highest BCUT2D eigenvalue weighted by molar-refractivity contribution is 6.11.